The van der Waals surface area contributed by atoms with Crippen molar-refractivity contribution in [3.05, 3.63) is 16.6 Å². The summed E-state index contributed by atoms with van der Waals surface area (Å²) >= 11 is 1.43. The van der Waals surface area contributed by atoms with Gasteiger partial charge in [0.2, 0.25) is 0 Å². The molecule has 0 spiro atoms. The Morgan fingerprint density at radius 1 is 1.62 bits per heavy atom. The quantitative estimate of drug-likeness (QED) is 0.713. The highest BCUT2D eigenvalue weighted by atomic mass is 32.1. The first-order chi connectivity index (χ1) is 7.63. The van der Waals surface area contributed by atoms with Crippen molar-refractivity contribution in [3.63, 3.8) is 0 Å². The van der Waals surface area contributed by atoms with Crippen LogP contribution in [0.25, 0.3) is 0 Å². The predicted molar refractivity (Wildman–Crippen MR) is 59.2 cm³/mol. The molecular formula is C9H13N3O3S. The Bertz CT molecular complexity index is 353. The lowest BCUT2D eigenvalue weighted by Gasteiger charge is -2.12. The summed E-state index contributed by atoms with van der Waals surface area (Å²) in [4.78, 5) is 26.7. The molecule has 0 fully saturated rings. The lowest BCUT2D eigenvalue weighted by atomic mass is 10.2. The Morgan fingerprint density at radius 2 is 2.38 bits per heavy atom. The summed E-state index contributed by atoms with van der Waals surface area (Å²) in [5, 5.41) is 13.6. The Morgan fingerprint density at radius 3 is 2.88 bits per heavy atom. The number of thiazole rings is 1. The zero-order valence-corrected chi connectivity index (χ0v) is 9.58. The normalized spacial score (nSPS) is 11.8. The number of hydrogen-bond acceptors (Lipinski definition) is 4. The van der Waals surface area contributed by atoms with Crippen LogP contribution in [0.5, 0.6) is 0 Å². The number of nitrogens with one attached hydrogen (secondary N) is 2. The minimum atomic E-state index is -1.03. The number of urea groups is 1. The highest BCUT2D eigenvalue weighted by Crippen LogP contribution is 2.03. The van der Waals surface area contributed by atoms with Gasteiger partial charge >= 0.3 is 12.0 Å². The maximum atomic E-state index is 11.3. The maximum Gasteiger partial charge on any atom is 0.326 e. The van der Waals surface area contributed by atoms with Gasteiger partial charge in [0.05, 0.1) is 12.1 Å². The first-order valence-electron chi connectivity index (χ1n) is 4.78. The fourth-order valence-corrected chi connectivity index (χ4v) is 1.58. The molecule has 1 aromatic rings. The zero-order valence-electron chi connectivity index (χ0n) is 8.77. The number of amides is 2. The number of carboxylic acids is 1. The summed E-state index contributed by atoms with van der Waals surface area (Å²) in [6.45, 7) is 2.05. The van der Waals surface area contributed by atoms with E-state index in [1.165, 1.54) is 11.3 Å². The van der Waals surface area contributed by atoms with Crippen LogP contribution < -0.4 is 10.6 Å². The Hall–Kier alpha value is -1.63. The number of nitrogens with zero attached hydrogens (tertiary/aromatic N) is 1. The Kier molecular flexibility index (Phi) is 4.71. The third-order valence-corrected chi connectivity index (χ3v) is 2.70. The van der Waals surface area contributed by atoms with Crippen LogP contribution in [0.15, 0.2) is 11.7 Å². The van der Waals surface area contributed by atoms with Crippen LogP contribution in [0.3, 0.4) is 0 Å². The van der Waals surface area contributed by atoms with Gasteiger partial charge in [0.15, 0.2) is 0 Å². The van der Waals surface area contributed by atoms with Crippen molar-refractivity contribution in [3.8, 4) is 0 Å². The number of aromatic nitrogens is 1. The first-order valence-corrected chi connectivity index (χ1v) is 5.66. The van der Waals surface area contributed by atoms with Gasteiger partial charge in [-0.05, 0) is 6.42 Å². The molecule has 0 saturated heterocycles. The average molecular weight is 243 g/mol. The summed E-state index contributed by atoms with van der Waals surface area (Å²) in [5.74, 6) is -1.03. The van der Waals surface area contributed by atoms with Crippen molar-refractivity contribution in [1.82, 2.24) is 15.6 Å². The van der Waals surface area contributed by atoms with E-state index < -0.39 is 18.0 Å². The smallest absolute Gasteiger partial charge is 0.326 e. The average Bonchev–Trinajstić information content (AvgIpc) is 2.75. The maximum absolute atomic E-state index is 11.3. The van der Waals surface area contributed by atoms with E-state index in [1.807, 2.05) is 0 Å². The number of aliphatic carboxylic acids is 1. The third-order valence-electron chi connectivity index (χ3n) is 1.92. The second kappa shape index (κ2) is 6.06. The lowest BCUT2D eigenvalue weighted by molar-refractivity contribution is -0.139. The predicted octanol–water partition coefficient (Wildman–Crippen LogP) is 0.805. The molecule has 3 N–H and O–H groups in total. The van der Waals surface area contributed by atoms with Crippen molar-refractivity contribution >= 4 is 23.3 Å². The lowest BCUT2D eigenvalue weighted by Crippen LogP contribution is -2.45. The molecule has 16 heavy (non-hydrogen) atoms. The fourth-order valence-electron chi connectivity index (χ4n) is 1.04. The summed E-state index contributed by atoms with van der Waals surface area (Å²) in [6.07, 6.45) is 2.00. The van der Waals surface area contributed by atoms with Crippen LogP contribution in [0.2, 0.25) is 0 Å². The van der Waals surface area contributed by atoms with Crippen LogP contribution in [-0.2, 0) is 11.3 Å². The van der Waals surface area contributed by atoms with Crippen molar-refractivity contribution in [2.24, 2.45) is 0 Å². The minimum Gasteiger partial charge on any atom is -0.480 e. The van der Waals surface area contributed by atoms with Crippen molar-refractivity contribution in [2.75, 3.05) is 0 Å². The molecule has 1 aromatic heterocycles. The molecule has 0 aliphatic rings. The molecule has 0 bridgehead atoms. The Labute approximate surface area is 96.7 Å². The molecule has 1 atom stereocenters. The molecule has 6 nitrogen and oxygen atoms in total. The largest absolute Gasteiger partial charge is 0.480 e. The second-order valence-corrected chi connectivity index (χ2v) is 4.06. The monoisotopic (exact) mass is 243 g/mol. The van der Waals surface area contributed by atoms with E-state index in [1.54, 1.807) is 18.6 Å². The van der Waals surface area contributed by atoms with E-state index in [9.17, 15) is 9.59 Å². The van der Waals surface area contributed by atoms with E-state index in [0.717, 1.165) is 4.88 Å². The fraction of sp³-hybridized carbons (Fsp3) is 0.444. The van der Waals surface area contributed by atoms with Gasteiger partial charge in [-0.15, -0.1) is 11.3 Å². The number of rotatable bonds is 5. The van der Waals surface area contributed by atoms with Gasteiger partial charge < -0.3 is 15.7 Å². The highest BCUT2D eigenvalue weighted by molar-refractivity contribution is 7.09. The van der Waals surface area contributed by atoms with Gasteiger partial charge in [-0.3, -0.25) is 4.98 Å². The number of carbonyl (C=O) groups excluding carboxylic acids is 1. The van der Waals surface area contributed by atoms with E-state index in [4.69, 9.17) is 5.11 Å². The zero-order chi connectivity index (χ0) is 12.0. The van der Waals surface area contributed by atoms with Gasteiger partial charge in [0, 0.05) is 11.1 Å². The first kappa shape index (κ1) is 12.4. The third kappa shape index (κ3) is 3.85. The van der Waals surface area contributed by atoms with Crippen LogP contribution in [0, 0.1) is 0 Å². The van der Waals surface area contributed by atoms with Crippen molar-refractivity contribution in [1.29, 1.82) is 0 Å². The van der Waals surface area contributed by atoms with Crippen molar-refractivity contribution < 1.29 is 14.7 Å². The van der Waals surface area contributed by atoms with E-state index in [-0.39, 0.29) is 0 Å². The van der Waals surface area contributed by atoms with E-state index in [0.29, 0.717) is 13.0 Å². The summed E-state index contributed by atoms with van der Waals surface area (Å²) in [6, 6.07) is -1.33. The minimum absolute atomic E-state index is 0.351. The number of carboxylic acid groups (broad SMARTS) is 1. The van der Waals surface area contributed by atoms with Crippen LogP contribution in [0.1, 0.15) is 18.2 Å². The molecule has 0 aliphatic heterocycles. The molecule has 1 rings (SSSR count). The molecule has 1 unspecified atom stereocenters. The summed E-state index contributed by atoms with van der Waals surface area (Å²) in [7, 11) is 0. The number of carbonyl (C=O) groups is 2. The molecule has 0 saturated carbocycles. The SMILES string of the molecule is CCC(NC(=O)NCc1cncs1)C(=O)O. The summed E-state index contributed by atoms with van der Waals surface area (Å²) < 4.78 is 0. The van der Waals surface area contributed by atoms with Crippen LogP contribution in [-0.4, -0.2) is 28.1 Å². The molecule has 1 heterocycles. The van der Waals surface area contributed by atoms with Crippen LogP contribution in [0.4, 0.5) is 4.79 Å². The number of hydrogen-bond donors (Lipinski definition) is 3. The Balaban J connectivity index is 2.33. The highest BCUT2D eigenvalue weighted by Gasteiger charge is 2.16. The molecule has 0 radical (unpaired) electrons. The van der Waals surface area contributed by atoms with Gasteiger partial charge in [-0.1, -0.05) is 6.92 Å². The van der Waals surface area contributed by atoms with Gasteiger partial charge in [-0.25, -0.2) is 9.59 Å². The van der Waals surface area contributed by atoms with Crippen molar-refractivity contribution in [2.45, 2.75) is 25.9 Å². The van der Waals surface area contributed by atoms with E-state index >= 15 is 0 Å². The molecule has 88 valence electrons. The molecule has 7 heteroatoms. The van der Waals surface area contributed by atoms with Gasteiger partial charge in [-0.2, -0.15) is 0 Å². The topological polar surface area (TPSA) is 91.3 Å². The molecule has 0 aliphatic carbocycles. The summed E-state index contributed by atoms with van der Waals surface area (Å²) in [5.41, 5.74) is 1.67. The van der Waals surface area contributed by atoms with Crippen LogP contribution >= 0.6 is 11.3 Å². The van der Waals surface area contributed by atoms with E-state index in [2.05, 4.69) is 15.6 Å². The van der Waals surface area contributed by atoms with Gasteiger partial charge in [0.1, 0.15) is 6.04 Å². The molecule has 2 amide bonds. The molecule has 0 aromatic carbocycles. The van der Waals surface area contributed by atoms with Gasteiger partial charge in [0.25, 0.3) is 0 Å². The molecular weight excluding hydrogens is 230 g/mol. The standard InChI is InChI=1S/C9H13N3O3S/c1-2-7(8(13)14)12-9(15)11-4-6-3-10-5-16-6/h3,5,7H,2,4H2,1H3,(H,13,14)(H2,11,12,15). The second-order valence-electron chi connectivity index (χ2n) is 3.09.